The highest BCUT2D eigenvalue weighted by atomic mass is 16.5. The molecule has 4 heteroatoms. The summed E-state index contributed by atoms with van der Waals surface area (Å²) < 4.78 is 10.3. The summed E-state index contributed by atoms with van der Waals surface area (Å²) in [5, 5.41) is 3.43. The van der Waals surface area contributed by atoms with Gasteiger partial charge in [-0.15, -0.1) is 0 Å². The molecule has 2 heterocycles. The minimum Gasteiger partial charge on any atom is -0.497 e. The monoisotopic (exact) mass is 225 g/mol. The third kappa shape index (κ3) is 1.94. The van der Waals surface area contributed by atoms with Gasteiger partial charge in [0.25, 0.3) is 0 Å². The Morgan fingerprint density at radius 3 is 3.00 bits per heavy atom. The normalized spacial score (nSPS) is 38.1. The van der Waals surface area contributed by atoms with E-state index in [4.69, 9.17) is 9.47 Å². The topological polar surface area (TPSA) is 47.6 Å². The highest BCUT2D eigenvalue weighted by Gasteiger charge is 2.40. The largest absolute Gasteiger partial charge is 0.497 e. The number of fused-ring (bicyclic) bond motifs is 1. The van der Waals surface area contributed by atoms with E-state index in [1.807, 2.05) is 0 Å². The highest BCUT2D eigenvalue weighted by molar-refractivity contribution is 5.88. The van der Waals surface area contributed by atoms with Crippen LogP contribution in [0.15, 0.2) is 11.8 Å². The van der Waals surface area contributed by atoms with E-state index in [0.717, 1.165) is 13.0 Å². The minimum absolute atomic E-state index is 0.165. The zero-order chi connectivity index (χ0) is 11.7. The number of hydrogen-bond acceptors (Lipinski definition) is 4. The van der Waals surface area contributed by atoms with Gasteiger partial charge in [0.2, 0.25) is 0 Å². The Balaban J connectivity index is 2.22. The maximum Gasteiger partial charge on any atom is 0.337 e. The SMILES string of the molecule is COC(=O)C1=COC(C)C2CNC(C)C[C@H]12. The molecular weight excluding hydrogens is 206 g/mol. The van der Waals surface area contributed by atoms with Crippen LogP contribution in [-0.4, -0.2) is 31.8 Å². The van der Waals surface area contributed by atoms with Gasteiger partial charge in [0.1, 0.15) is 0 Å². The third-order valence-corrected chi connectivity index (χ3v) is 3.66. The second kappa shape index (κ2) is 4.45. The third-order valence-electron chi connectivity index (χ3n) is 3.66. The standard InChI is InChI=1S/C12H19NO3/c1-7-4-9-10(5-13-7)8(2)16-6-11(9)12(14)15-3/h6-10,13H,4-5H2,1-3H3/t7?,8?,9-,10?/m0/s1. The van der Waals surface area contributed by atoms with Gasteiger partial charge in [-0.1, -0.05) is 0 Å². The van der Waals surface area contributed by atoms with Crippen LogP contribution in [0.3, 0.4) is 0 Å². The Kier molecular flexibility index (Phi) is 3.19. The second-order valence-corrected chi connectivity index (χ2v) is 4.72. The van der Waals surface area contributed by atoms with E-state index in [2.05, 4.69) is 19.2 Å². The summed E-state index contributed by atoms with van der Waals surface area (Å²) in [6.07, 6.45) is 2.73. The first kappa shape index (κ1) is 11.5. The van der Waals surface area contributed by atoms with E-state index in [1.165, 1.54) is 7.11 Å². The van der Waals surface area contributed by atoms with Gasteiger partial charge >= 0.3 is 5.97 Å². The van der Waals surface area contributed by atoms with Crippen molar-refractivity contribution in [2.24, 2.45) is 11.8 Å². The number of nitrogens with one attached hydrogen (secondary N) is 1. The molecule has 0 spiro atoms. The van der Waals surface area contributed by atoms with Crippen molar-refractivity contribution in [1.82, 2.24) is 5.32 Å². The van der Waals surface area contributed by atoms with Crippen molar-refractivity contribution in [3.63, 3.8) is 0 Å². The molecule has 0 aromatic heterocycles. The van der Waals surface area contributed by atoms with E-state index in [0.29, 0.717) is 17.5 Å². The van der Waals surface area contributed by atoms with Gasteiger partial charge in [-0.25, -0.2) is 4.79 Å². The Labute approximate surface area is 96.0 Å². The molecule has 2 aliphatic rings. The molecule has 0 aliphatic carbocycles. The van der Waals surface area contributed by atoms with Crippen molar-refractivity contribution in [3.8, 4) is 0 Å². The molecule has 16 heavy (non-hydrogen) atoms. The van der Waals surface area contributed by atoms with E-state index in [1.54, 1.807) is 6.26 Å². The first-order chi connectivity index (χ1) is 7.63. The molecule has 2 aliphatic heterocycles. The summed E-state index contributed by atoms with van der Waals surface area (Å²) in [6, 6.07) is 0.444. The zero-order valence-corrected chi connectivity index (χ0v) is 10.0. The van der Waals surface area contributed by atoms with Gasteiger partial charge < -0.3 is 14.8 Å². The molecule has 3 unspecified atom stereocenters. The van der Waals surface area contributed by atoms with Crippen molar-refractivity contribution in [3.05, 3.63) is 11.8 Å². The van der Waals surface area contributed by atoms with Crippen molar-refractivity contribution in [2.75, 3.05) is 13.7 Å². The molecular formula is C12H19NO3. The smallest absolute Gasteiger partial charge is 0.337 e. The average molecular weight is 225 g/mol. The van der Waals surface area contributed by atoms with Crippen molar-refractivity contribution in [1.29, 1.82) is 0 Å². The van der Waals surface area contributed by atoms with Gasteiger partial charge in [0.15, 0.2) is 0 Å². The Hall–Kier alpha value is -1.03. The number of ether oxygens (including phenoxy) is 2. The lowest BCUT2D eigenvalue weighted by atomic mass is 9.75. The number of carbonyl (C=O) groups is 1. The Morgan fingerprint density at radius 1 is 1.56 bits per heavy atom. The first-order valence-electron chi connectivity index (χ1n) is 5.80. The first-order valence-corrected chi connectivity index (χ1v) is 5.80. The van der Waals surface area contributed by atoms with Gasteiger partial charge in [-0.2, -0.15) is 0 Å². The Morgan fingerprint density at radius 2 is 2.31 bits per heavy atom. The second-order valence-electron chi connectivity index (χ2n) is 4.72. The minimum atomic E-state index is -0.254. The van der Waals surface area contributed by atoms with Crippen molar-refractivity contribution in [2.45, 2.75) is 32.4 Å². The van der Waals surface area contributed by atoms with Crippen LogP contribution in [0.5, 0.6) is 0 Å². The average Bonchev–Trinajstić information content (AvgIpc) is 2.28. The van der Waals surface area contributed by atoms with Crippen LogP contribution in [0, 0.1) is 11.8 Å². The molecule has 1 N–H and O–H groups in total. The molecule has 0 amide bonds. The number of hydrogen-bond donors (Lipinski definition) is 1. The predicted octanol–water partition coefficient (Wildman–Crippen LogP) is 1.08. The zero-order valence-electron chi connectivity index (χ0n) is 10.0. The summed E-state index contributed by atoms with van der Waals surface area (Å²) >= 11 is 0. The van der Waals surface area contributed by atoms with E-state index in [-0.39, 0.29) is 18.0 Å². The predicted molar refractivity (Wildman–Crippen MR) is 59.7 cm³/mol. The van der Waals surface area contributed by atoms with Gasteiger partial charge in [0.05, 0.1) is 25.0 Å². The summed E-state index contributed by atoms with van der Waals surface area (Å²) in [4.78, 5) is 11.6. The molecule has 4 atom stereocenters. The van der Waals surface area contributed by atoms with E-state index in [9.17, 15) is 4.79 Å². The quantitative estimate of drug-likeness (QED) is 0.678. The van der Waals surface area contributed by atoms with Crippen LogP contribution in [0.2, 0.25) is 0 Å². The number of carbonyl (C=O) groups excluding carboxylic acids is 1. The summed E-state index contributed by atoms with van der Waals surface area (Å²) in [7, 11) is 1.42. The number of piperidine rings is 1. The van der Waals surface area contributed by atoms with Gasteiger partial charge in [0, 0.05) is 24.4 Å². The summed E-state index contributed by atoms with van der Waals surface area (Å²) in [5.41, 5.74) is 0.693. The fourth-order valence-electron chi connectivity index (χ4n) is 2.66. The lowest BCUT2D eigenvalue weighted by molar-refractivity contribution is -0.138. The fraction of sp³-hybridized carbons (Fsp3) is 0.750. The molecule has 1 fully saturated rings. The molecule has 1 saturated heterocycles. The fourth-order valence-corrected chi connectivity index (χ4v) is 2.66. The molecule has 0 aromatic carbocycles. The van der Waals surface area contributed by atoms with Crippen LogP contribution < -0.4 is 5.32 Å². The molecule has 90 valence electrons. The van der Waals surface area contributed by atoms with Gasteiger partial charge in [-0.3, -0.25) is 0 Å². The van der Waals surface area contributed by atoms with Gasteiger partial charge in [-0.05, 0) is 20.3 Å². The lowest BCUT2D eigenvalue weighted by Crippen LogP contribution is -2.49. The molecule has 0 bridgehead atoms. The van der Waals surface area contributed by atoms with Crippen LogP contribution in [0.25, 0.3) is 0 Å². The summed E-state index contributed by atoms with van der Waals surface area (Å²) in [6.45, 7) is 5.10. The molecule has 0 saturated carbocycles. The van der Waals surface area contributed by atoms with Crippen LogP contribution in [0.1, 0.15) is 20.3 Å². The Bertz CT molecular complexity index is 313. The van der Waals surface area contributed by atoms with E-state index < -0.39 is 0 Å². The lowest BCUT2D eigenvalue weighted by Gasteiger charge is -2.41. The number of rotatable bonds is 1. The molecule has 0 radical (unpaired) electrons. The van der Waals surface area contributed by atoms with Crippen molar-refractivity contribution >= 4 is 5.97 Å². The maximum atomic E-state index is 11.6. The van der Waals surface area contributed by atoms with Crippen LogP contribution >= 0.6 is 0 Å². The van der Waals surface area contributed by atoms with E-state index >= 15 is 0 Å². The molecule has 4 nitrogen and oxygen atoms in total. The molecule has 0 aromatic rings. The van der Waals surface area contributed by atoms with Crippen LogP contribution in [-0.2, 0) is 14.3 Å². The van der Waals surface area contributed by atoms with Crippen LogP contribution in [0.4, 0.5) is 0 Å². The number of methoxy groups -OCH3 is 1. The molecule has 2 rings (SSSR count). The maximum absolute atomic E-state index is 11.6. The van der Waals surface area contributed by atoms with Crippen molar-refractivity contribution < 1.29 is 14.3 Å². The summed E-state index contributed by atoms with van der Waals surface area (Å²) in [5.74, 6) is 0.388. The number of esters is 1. The highest BCUT2D eigenvalue weighted by Crippen LogP contribution is 2.36.